The molecule has 0 nitrogen and oxygen atoms in total. The first-order valence-corrected chi connectivity index (χ1v) is 5.15. The maximum Gasteiger partial charge on any atom is 0.247 e. The summed E-state index contributed by atoms with van der Waals surface area (Å²) in [5, 5.41) is 0. The van der Waals surface area contributed by atoms with Gasteiger partial charge in [0.15, 0.2) is 0 Å². The van der Waals surface area contributed by atoms with Crippen LogP contribution in [0.25, 0.3) is 0 Å². The third-order valence-electron chi connectivity index (χ3n) is 2.24. The van der Waals surface area contributed by atoms with Crippen LogP contribution in [-0.4, -0.2) is 5.92 Å². The molecule has 0 amide bonds. The van der Waals surface area contributed by atoms with E-state index in [4.69, 9.17) is 0 Å². The molecule has 0 aliphatic rings. The lowest BCUT2D eigenvalue weighted by molar-refractivity contribution is -0.0141. The summed E-state index contributed by atoms with van der Waals surface area (Å²) in [6.45, 7) is 7.98. The van der Waals surface area contributed by atoms with E-state index in [1.165, 1.54) is 0 Å². The Bertz CT molecular complexity index is 134. The van der Waals surface area contributed by atoms with Crippen LogP contribution in [0.15, 0.2) is 0 Å². The Morgan fingerprint density at radius 2 is 1.38 bits per heavy atom. The fourth-order valence-corrected chi connectivity index (χ4v) is 1.22. The Hall–Kier alpha value is -0.140. The number of rotatable bonds is 5. The van der Waals surface area contributed by atoms with Crippen molar-refractivity contribution in [2.75, 3.05) is 0 Å². The quantitative estimate of drug-likeness (QED) is 0.557. The van der Waals surface area contributed by atoms with Crippen molar-refractivity contribution >= 4 is 0 Å². The Kier molecular flexibility index (Phi) is 4.87. The molecule has 0 atom stereocenters. The van der Waals surface area contributed by atoms with Gasteiger partial charge in [-0.15, -0.1) is 0 Å². The molecule has 0 rings (SSSR count). The van der Waals surface area contributed by atoms with Crippen molar-refractivity contribution in [3.05, 3.63) is 0 Å². The zero-order chi connectivity index (χ0) is 10.5. The highest BCUT2D eigenvalue weighted by atomic mass is 19.3. The molecule has 0 bridgehead atoms. The minimum Gasteiger partial charge on any atom is -0.207 e. The average molecular weight is 192 g/mol. The lowest BCUT2D eigenvalue weighted by atomic mass is 9.89. The number of hydrogen-bond acceptors (Lipinski definition) is 0. The summed E-state index contributed by atoms with van der Waals surface area (Å²) in [6, 6.07) is 0. The first kappa shape index (κ1) is 12.9. The van der Waals surface area contributed by atoms with Crippen LogP contribution < -0.4 is 0 Å². The first-order valence-electron chi connectivity index (χ1n) is 5.15. The van der Waals surface area contributed by atoms with Crippen LogP contribution in [0.1, 0.15) is 59.8 Å². The predicted octanol–water partition coefficient (Wildman–Crippen LogP) is 4.64. The van der Waals surface area contributed by atoms with Gasteiger partial charge in [-0.05, 0) is 18.3 Å². The van der Waals surface area contributed by atoms with Crippen LogP contribution in [-0.2, 0) is 0 Å². The van der Waals surface area contributed by atoms with Crippen molar-refractivity contribution < 1.29 is 8.78 Å². The lowest BCUT2D eigenvalue weighted by Crippen LogP contribution is -2.14. The van der Waals surface area contributed by atoms with Gasteiger partial charge >= 0.3 is 0 Å². The van der Waals surface area contributed by atoms with Crippen LogP contribution >= 0.6 is 0 Å². The zero-order valence-corrected chi connectivity index (χ0v) is 9.29. The second-order valence-corrected chi connectivity index (χ2v) is 4.98. The molecule has 0 aromatic heterocycles. The van der Waals surface area contributed by atoms with Crippen molar-refractivity contribution in [3.8, 4) is 0 Å². The van der Waals surface area contributed by atoms with Crippen molar-refractivity contribution in [3.63, 3.8) is 0 Å². The van der Waals surface area contributed by atoms with Gasteiger partial charge in [0.05, 0.1) is 0 Å². The Morgan fingerprint density at radius 3 is 1.77 bits per heavy atom. The molecule has 0 fully saturated rings. The van der Waals surface area contributed by atoms with Gasteiger partial charge in [0.2, 0.25) is 5.92 Å². The van der Waals surface area contributed by atoms with E-state index in [0.29, 0.717) is 6.42 Å². The van der Waals surface area contributed by atoms with Gasteiger partial charge in [-0.25, -0.2) is 8.78 Å². The van der Waals surface area contributed by atoms with Gasteiger partial charge in [0.25, 0.3) is 0 Å². The molecule has 0 heterocycles. The SMILES string of the molecule is CCC(F)(F)CCCCC(C)(C)C. The summed E-state index contributed by atoms with van der Waals surface area (Å²) in [4.78, 5) is 0. The molecule has 0 radical (unpaired) electrons. The van der Waals surface area contributed by atoms with Gasteiger partial charge in [0.1, 0.15) is 0 Å². The molecule has 0 aliphatic carbocycles. The summed E-state index contributed by atoms with van der Waals surface area (Å²) in [6.07, 6.45) is 2.63. The minimum atomic E-state index is -2.43. The van der Waals surface area contributed by atoms with Crippen LogP contribution in [0.4, 0.5) is 8.78 Å². The van der Waals surface area contributed by atoms with E-state index in [1.807, 2.05) is 0 Å². The maximum atomic E-state index is 12.8. The average Bonchev–Trinajstić information content (AvgIpc) is 1.97. The summed E-state index contributed by atoms with van der Waals surface area (Å²) in [5.41, 5.74) is 0.279. The van der Waals surface area contributed by atoms with E-state index >= 15 is 0 Å². The van der Waals surface area contributed by atoms with Crippen LogP contribution in [0.5, 0.6) is 0 Å². The van der Waals surface area contributed by atoms with Crippen LogP contribution in [0.2, 0.25) is 0 Å². The normalized spacial score (nSPS) is 13.4. The third-order valence-corrected chi connectivity index (χ3v) is 2.24. The zero-order valence-electron chi connectivity index (χ0n) is 9.29. The standard InChI is InChI=1S/C11H22F2/c1-5-11(12,13)9-7-6-8-10(2,3)4/h5-9H2,1-4H3. The lowest BCUT2D eigenvalue weighted by Gasteiger charge is -2.19. The van der Waals surface area contributed by atoms with E-state index in [0.717, 1.165) is 12.8 Å². The molecule has 0 N–H and O–H groups in total. The molecule has 0 unspecified atom stereocenters. The number of unbranched alkanes of at least 4 members (excludes halogenated alkanes) is 1. The Balaban J connectivity index is 3.47. The summed E-state index contributed by atoms with van der Waals surface area (Å²) in [7, 11) is 0. The molecule has 0 aromatic rings. The van der Waals surface area contributed by atoms with Crippen LogP contribution in [0, 0.1) is 5.41 Å². The van der Waals surface area contributed by atoms with Crippen molar-refractivity contribution in [2.45, 2.75) is 65.7 Å². The monoisotopic (exact) mass is 192 g/mol. The van der Waals surface area contributed by atoms with Crippen molar-refractivity contribution in [1.82, 2.24) is 0 Å². The molecule has 80 valence electrons. The molecular weight excluding hydrogens is 170 g/mol. The van der Waals surface area contributed by atoms with Crippen molar-refractivity contribution in [2.24, 2.45) is 5.41 Å². The van der Waals surface area contributed by atoms with Gasteiger partial charge in [0, 0.05) is 12.8 Å². The summed E-state index contributed by atoms with van der Waals surface area (Å²) in [5.74, 6) is -2.43. The molecule has 0 aromatic carbocycles. The van der Waals surface area contributed by atoms with E-state index in [2.05, 4.69) is 20.8 Å². The first-order chi connectivity index (χ1) is 5.77. The number of halogens is 2. The summed E-state index contributed by atoms with van der Waals surface area (Å²) >= 11 is 0. The second-order valence-electron chi connectivity index (χ2n) is 4.98. The molecule has 0 aliphatic heterocycles. The molecule has 2 heteroatoms. The highest BCUT2D eigenvalue weighted by Gasteiger charge is 2.25. The fraction of sp³-hybridized carbons (Fsp3) is 1.00. The molecular formula is C11H22F2. The van der Waals surface area contributed by atoms with E-state index in [-0.39, 0.29) is 18.3 Å². The highest BCUT2D eigenvalue weighted by Crippen LogP contribution is 2.27. The van der Waals surface area contributed by atoms with Gasteiger partial charge in [-0.1, -0.05) is 34.1 Å². The van der Waals surface area contributed by atoms with E-state index in [1.54, 1.807) is 6.92 Å². The largest absolute Gasteiger partial charge is 0.247 e. The smallest absolute Gasteiger partial charge is 0.207 e. The van der Waals surface area contributed by atoms with Gasteiger partial charge < -0.3 is 0 Å². The fourth-order valence-electron chi connectivity index (χ4n) is 1.22. The minimum absolute atomic E-state index is 0.0253. The Morgan fingerprint density at radius 1 is 0.923 bits per heavy atom. The summed E-state index contributed by atoms with van der Waals surface area (Å²) < 4.78 is 25.5. The maximum absolute atomic E-state index is 12.8. The number of hydrogen-bond donors (Lipinski definition) is 0. The van der Waals surface area contributed by atoms with Crippen molar-refractivity contribution in [1.29, 1.82) is 0 Å². The van der Waals surface area contributed by atoms with Gasteiger partial charge in [-0.3, -0.25) is 0 Å². The Labute approximate surface area is 80.7 Å². The molecule has 13 heavy (non-hydrogen) atoms. The van der Waals surface area contributed by atoms with Crippen LogP contribution in [0.3, 0.4) is 0 Å². The van der Waals surface area contributed by atoms with Gasteiger partial charge in [-0.2, -0.15) is 0 Å². The third kappa shape index (κ3) is 8.20. The topological polar surface area (TPSA) is 0 Å². The predicted molar refractivity (Wildman–Crippen MR) is 53.2 cm³/mol. The number of alkyl halides is 2. The second kappa shape index (κ2) is 4.92. The molecule has 0 saturated heterocycles. The van der Waals surface area contributed by atoms with E-state index in [9.17, 15) is 8.78 Å². The van der Waals surface area contributed by atoms with E-state index < -0.39 is 5.92 Å². The highest BCUT2D eigenvalue weighted by molar-refractivity contribution is 4.66. The molecule has 0 saturated carbocycles. The molecule has 0 spiro atoms.